The summed E-state index contributed by atoms with van der Waals surface area (Å²) in [4.78, 5) is 23.3. The molecule has 17 heavy (non-hydrogen) atoms. The molecule has 94 valence electrons. The molecule has 0 spiro atoms. The summed E-state index contributed by atoms with van der Waals surface area (Å²) in [5.74, 6) is -0.980. The number of carbonyl (C=O) groups is 2. The second kappa shape index (κ2) is 5.40. The van der Waals surface area contributed by atoms with Gasteiger partial charge in [-0.05, 0) is 17.9 Å². The fourth-order valence-electron chi connectivity index (χ4n) is 2.32. The molecule has 3 atom stereocenters. The zero-order valence-electron chi connectivity index (χ0n) is 10.1. The number of hydrogen-bond acceptors (Lipinski definition) is 3. The molecule has 0 aromatic rings. The lowest BCUT2D eigenvalue weighted by Crippen LogP contribution is -2.51. The Morgan fingerprint density at radius 2 is 2.06 bits per heavy atom. The van der Waals surface area contributed by atoms with E-state index in [0.717, 1.165) is 5.75 Å². The third kappa shape index (κ3) is 2.39. The molecule has 4 N–H and O–H groups in total. The van der Waals surface area contributed by atoms with E-state index in [1.807, 2.05) is 13.2 Å². The largest absolute Gasteiger partial charge is 0.369 e. The predicted octanol–water partition coefficient (Wildman–Crippen LogP) is 0.685. The van der Waals surface area contributed by atoms with Crippen molar-refractivity contribution >= 4 is 23.6 Å². The normalized spacial score (nSPS) is 28.9. The van der Waals surface area contributed by atoms with E-state index in [-0.39, 0.29) is 5.92 Å². The number of amides is 2. The van der Waals surface area contributed by atoms with Crippen LogP contribution in [0.2, 0.25) is 0 Å². The van der Waals surface area contributed by atoms with Gasteiger partial charge < -0.3 is 11.5 Å². The van der Waals surface area contributed by atoms with Crippen LogP contribution in [0.1, 0.15) is 6.92 Å². The number of primary amides is 2. The highest BCUT2D eigenvalue weighted by atomic mass is 32.2. The van der Waals surface area contributed by atoms with E-state index in [9.17, 15) is 9.59 Å². The lowest BCUT2D eigenvalue weighted by Gasteiger charge is -2.38. The van der Waals surface area contributed by atoms with Gasteiger partial charge in [-0.15, -0.1) is 0 Å². The molecule has 1 aliphatic rings. The topological polar surface area (TPSA) is 86.2 Å². The molecule has 0 aromatic carbocycles. The molecule has 5 heteroatoms. The molecule has 0 saturated carbocycles. The monoisotopic (exact) mass is 254 g/mol. The molecule has 2 unspecified atom stereocenters. The van der Waals surface area contributed by atoms with Crippen LogP contribution in [0.5, 0.6) is 0 Å². The molecule has 1 rings (SSSR count). The van der Waals surface area contributed by atoms with E-state index < -0.39 is 23.1 Å². The molecule has 2 amide bonds. The number of thioether (sulfide) groups is 1. The van der Waals surface area contributed by atoms with Crippen LogP contribution in [0.3, 0.4) is 0 Å². The molecule has 4 nitrogen and oxygen atoms in total. The Morgan fingerprint density at radius 1 is 1.41 bits per heavy atom. The first kappa shape index (κ1) is 13.8. The lowest BCUT2D eigenvalue weighted by atomic mass is 9.65. The van der Waals surface area contributed by atoms with E-state index in [2.05, 4.69) is 0 Å². The van der Waals surface area contributed by atoms with Crippen molar-refractivity contribution in [3.63, 3.8) is 0 Å². The zero-order chi connectivity index (χ0) is 13.1. The Balaban J connectivity index is 3.21. The minimum Gasteiger partial charge on any atom is -0.369 e. The SMILES string of the molecule is CSC[C@@H](C)C1(C(N)=O)C=CC=CC1C(N)=O. The van der Waals surface area contributed by atoms with Gasteiger partial charge in [0.15, 0.2) is 0 Å². The summed E-state index contributed by atoms with van der Waals surface area (Å²) >= 11 is 1.62. The van der Waals surface area contributed by atoms with Crippen molar-refractivity contribution in [1.82, 2.24) is 0 Å². The number of carbonyl (C=O) groups excluding carboxylic acids is 2. The summed E-state index contributed by atoms with van der Waals surface area (Å²) in [6, 6.07) is 0. The molecule has 0 bridgehead atoms. The summed E-state index contributed by atoms with van der Waals surface area (Å²) in [5, 5.41) is 0. The maximum Gasteiger partial charge on any atom is 0.228 e. The molecule has 0 saturated heterocycles. The van der Waals surface area contributed by atoms with Gasteiger partial charge in [-0.2, -0.15) is 11.8 Å². The molecular weight excluding hydrogens is 236 g/mol. The van der Waals surface area contributed by atoms with Crippen molar-refractivity contribution in [3.8, 4) is 0 Å². The van der Waals surface area contributed by atoms with Crippen molar-refractivity contribution in [2.75, 3.05) is 12.0 Å². The average molecular weight is 254 g/mol. The Hall–Kier alpha value is -1.23. The van der Waals surface area contributed by atoms with Crippen molar-refractivity contribution in [1.29, 1.82) is 0 Å². The zero-order valence-corrected chi connectivity index (χ0v) is 10.9. The molecule has 0 aromatic heterocycles. The molecular formula is C12H18N2O2S. The molecule has 0 aliphatic heterocycles. The van der Waals surface area contributed by atoms with Gasteiger partial charge in [0.2, 0.25) is 11.8 Å². The van der Waals surface area contributed by atoms with Crippen molar-refractivity contribution in [2.45, 2.75) is 6.92 Å². The second-order valence-corrected chi connectivity index (χ2v) is 5.19. The predicted molar refractivity (Wildman–Crippen MR) is 70.1 cm³/mol. The standard InChI is InChI=1S/C12H18N2O2S/c1-8(7-17-2)12(11(14)16)6-4-3-5-9(12)10(13)15/h3-6,8-9H,7H2,1-2H3,(H2,13,15)(H2,14,16)/t8-,9?,12?/m1/s1. The quantitative estimate of drug-likeness (QED) is 0.756. The first-order valence-corrected chi connectivity index (χ1v) is 6.80. The van der Waals surface area contributed by atoms with Gasteiger partial charge in [0.05, 0.1) is 11.3 Å². The first-order chi connectivity index (χ1) is 7.96. The Bertz CT molecular complexity index is 379. The average Bonchev–Trinajstić information content (AvgIpc) is 2.28. The van der Waals surface area contributed by atoms with E-state index in [1.54, 1.807) is 36.1 Å². The van der Waals surface area contributed by atoms with Crippen molar-refractivity contribution < 1.29 is 9.59 Å². The molecule has 1 aliphatic carbocycles. The van der Waals surface area contributed by atoms with Gasteiger partial charge in [0.25, 0.3) is 0 Å². The molecule has 0 fully saturated rings. The van der Waals surface area contributed by atoms with Crippen LogP contribution < -0.4 is 11.5 Å². The van der Waals surface area contributed by atoms with Crippen molar-refractivity contribution in [2.24, 2.45) is 28.7 Å². The number of allylic oxidation sites excluding steroid dienone is 2. The van der Waals surface area contributed by atoms with Gasteiger partial charge in [-0.1, -0.05) is 31.2 Å². The summed E-state index contributed by atoms with van der Waals surface area (Å²) < 4.78 is 0. The lowest BCUT2D eigenvalue weighted by molar-refractivity contribution is -0.136. The fourth-order valence-corrected chi connectivity index (χ4v) is 3.10. The summed E-state index contributed by atoms with van der Waals surface area (Å²) in [7, 11) is 0. The second-order valence-electron chi connectivity index (χ2n) is 4.28. The van der Waals surface area contributed by atoms with E-state index in [0.29, 0.717) is 0 Å². The fraction of sp³-hybridized carbons (Fsp3) is 0.500. The van der Waals surface area contributed by atoms with Crippen LogP contribution in [0.4, 0.5) is 0 Å². The smallest absolute Gasteiger partial charge is 0.228 e. The minimum absolute atomic E-state index is 0.0475. The van der Waals surface area contributed by atoms with Crippen LogP contribution in [-0.2, 0) is 9.59 Å². The highest BCUT2D eigenvalue weighted by Gasteiger charge is 2.48. The summed E-state index contributed by atoms with van der Waals surface area (Å²) in [6.45, 7) is 1.92. The highest BCUT2D eigenvalue weighted by molar-refractivity contribution is 7.98. The Morgan fingerprint density at radius 3 is 2.53 bits per heavy atom. The first-order valence-electron chi connectivity index (χ1n) is 5.41. The summed E-state index contributed by atoms with van der Waals surface area (Å²) in [5.41, 5.74) is 9.90. The van der Waals surface area contributed by atoms with Crippen LogP contribution in [0, 0.1) is 17.3 Å². The van der Waals surface area contributed by atoms with Gasteiger partial charge in [0.1, 0.15) is 0 Å². The van der Waals surface area contributed by atoms with Crippen LogP contribution in [0.25, 0.3) is 0 Å². The number of rotatable bonds is 5. The number of nitrogens with two attached hydrogens (primary N) is 2. The van der Waals surface area contributed by atoms with Gasteiger partial charge in [0, 0.05) is 0 Å². The van der Waals surface area contributed by atoms with E-state index >= 15 is 0 Å². The van der Waals surface area contributed by atoms with E-state index in [4.69, 9.17) is 11.5 Å². The maximum absolute atomic E-state index is 11.8. The molecule has 0 heterocycles. The minimum atomic E-state index is -0.996. The Labute approximate surface area is 105 Å². The van der Waals surface area contributed by atoms with Gasteiger partial charge in [-0.3, -0.25) is 9.59 Å². The van der Waals surface area contributed by atoms with Crippen LogP contribution >= 0.6 is 11.8 Å². The van der Waals surface area contributed by atoms with Crippen LogP contribution in [-0.4, -0.2) is 23.8 Å². The number of hydrogen-bond donors (Lipinski definition) is 2. The molecule has 0 radical (unpaired) electrons. The third-order valence-electron chi connectivity index (χ3n) is 3.27. The van der Waals surface area contributed by atoms with E-state index in [1.165, 1.54) is 0 Å². The van der Waals surface area contributed by atoms with Crippen molar-refractivity contribution in [3.05, 3.63) is 24.3 Å². The Kier molecular flexibility index (Phi) is 4.40. The highest BCUT2D eigenvalue weighted by Crippen LogP contribution is 2.41. The van der Waals surface area contributed by atoms with Gasteiger partial charge in [-0.25, -0.2) is 0 Å². The van der Waals surface area contributed by atoms with Gasteiger partial charge >= 0.3 is 0 Å². The van der Waals surface area contributed by atoms with Crippen LogP contribution in [0.15, 0.2) is 24.3 Å². The summed E-state index contributed by atoms with van der Waals surface area (Å²) in [6.07, 6.45) is 8.80. The third-order valence-corrected chi connectivity index (χ3v) is 4.10. The maximum atomic E-state index is 11.8.